The van der Waals surface area contributed by atoms with Gasteiger partial charge in [-0.2, -0.15) is 0 Å². The van der Waals surface area contributed by atoms with Crippen molar-refractivity contribution in [3.05, 3.63) is 28.2 Å². The van der Waals surface area contributed by atoms with E-state index in [0.717, 1.165) is 10.9 Å². The number of benzene rings is 1. The highest BCUT2D eigenvalue weighted by Crippen LogP contribution is 2.38. The lowest BCUT2D eigenvalue weighted by atomic mass is 9.73. The Bertz CT molecular complexity index is 635. The Morgan fingerprint density at radius 1 is 1.45 bits per heavy atom. The molecule has 110 valence electrons. The third-order valence-corrected chi connectivity index (χ3v) is 6.27. The van der Waals surface area contributed by atoms with Crippen LogP contribution in [0, 0.1) is 12.8 Å². The third-order valence-electron chi connectivity index (χ3n) is 4.18. The molecule has 0 radical (unpaired) electrons. The Balaban J connectivity index is 1.84. The Morgan fingerprint density at radius 2 is 2.20 bits per heavy atom. The maximum absolute atomic E-state index is 12.5. The number of halogens is 1. The standard InChI is InChI=1S/C13H17BrN2O3S/c1-7-2-3-8(14)6-10(7)20(17,18)16-12-11(15)9-4-5-19-13(9)12/h2-3,6,9,11-13,16H,4-5,15H2,1H3. The van der Waals surface area contributed by atoms with E-state index >= 15 is 0 Å². The molecule has 4 unspecified atom stereocenters. The number of hydrogen-bond donors (Lipinski definition) is 2. The quantitative estimate of drug-likeness (QED) is 0.846. The summed E-state index contributed by atoms with van der Waals surface area (Å²) in [6.45, 7) is 2.44. The molecule has 2 fully saturated rings. The number of rotatable bonds is 3. The lowest BCUT2D eigenvalue weighted by molar-refractivity contribution is -0.00924. The van der Waals surface area contributed by atoms with Gasteiger partial charge in [0.1, 0.15) is 0 Å². The van der Waals surface area contributed by atoms with Crippen molar-refractivity contribution in [3.8, 4) is 0 Å². The molecular weight excluding hydrogens is 344 g/mol. The molecule has 1 heterocycles. The van der Waals surface area contributed by atoms with Crippen molar-refractivity contribution >= 4 is 26.0 Å². The van der Waals surface area contributed by atoms with Gasteiger partial charge in [-0.05, 0) is 31.0 Å². The lowest BCUT2D eigenvalue weighted by Crippen LogP contribution is -2.68. The van der Waals surface area contributed by atoms with Crippen LogP contribution in [0.1, 0.15) is 12.0 Å². The summed E-state index contributed by atoms with van der Waals surface area (Å²) in [6.07, 6.45) is 0.840. The van der Waals surface area contributed by atoms with Crippen LogP contribution in [-0.4, -0.2) is 33.2 Å². The van der Waals surface area contributed by atoms with Gasteiger partial charge in [0, 0.05) is 23.0 Å². The molecule has 0 bridgehead atoms. The number of ether oxygens (including phenoxy) is 1. The van der Waals surface area contributed by atoms with Gasteiger partial charge in [0.2, 0.25) is 10.0 Å². The van der Waals surface area contributed by atoms with Crippen molar-refractivity contribution in [1.29, 1.82) is 0 Å². The van der Waals surface area contributed by atoms with Gasteiger partial charge in [-0.3, -0.25) is 0 Å². The van der Waals surface area contributed by atoms with E-state index in [2.05, 4.69) is 20.7 Å². The average Bonchev–Trinajstić information content (AvgIpc) is 2.84. The summed E-state index contributed by atoms with van der Waals surface area (Å²) in [5.41, 5.74) is 6.75. The van der Waals surface area contributed by atoms with E-state index in [1.165, 1.54) is 0 Å². The predicted octanol–water partition coefficient (Wildman–Crippen LogP) is 1.15. The topological polar surface area (TPSA) is 81.4 Å². The van der Waals surface area contributed by atoms with Gasteiger partial charge < -0.3 is 10.5 Å². The van der Waals surface area contributed by atoms with E-state index < -0.39 is 10.0 Å². The summed E-state index contributed by atoms with van der Waals surface area (Å²) in [5.74, 6) is 0.284. The molecule has 2 aliphatic rings. The van der Waals surface area contributed by atoms with Gasteiger partial charge in [-0.25, -0.2) is 13.1 Å². The molecule has 0 aromatic heterocycles. The van der Waals surface area contributed by atoms with E-state index in [1.807, 2.05) is 6.07 Å². The first-order chi connectivity index (χ1) is 9.40. The maximum atomic E-state index is 12.5. The molecular formula is C13H17BrN2O3S. The second-order valence-corrected chi connectivity index (χ2v) is 8.02. The minimum atomic E-state index is -3.59. The Kier molecular flexibility index (Phi) is 3.66. The zero-order valence-corrected chi connectivity index (χ0v) is 13.4. The summed E-state index contributed by atoms with van der Waals surface area (Å²) in [6, 6.07) is 4.71. The van der Waals surface area contributed by atoms with Crippen LogP contribution in [0.2, 0.25) is 0 Å². The summed E-state index contributed by atoms with van der Waals surface area (Å²) < 4.78 is 34.0. The molecule has 5 nitrogen and oxygen atoms in total. The zero-order valence-electron chi connectivity index (χ0n) is 11.0. The normalized spacial score (nSPS) is 32.8. The van der Waals surface area contributed by atoms with E-state index in [1.54, 1.807) is 19.1 Å². The number of fused-ring (bicyclic) bond motifs is 1. The van der Waals surface area contributed by atoms with Gasteiger partial charge in [-0.1, -0.05) is 22.0 Å². The molecule has 1 saturated carbocycles. The van der Waals surface area contributed by atoms with Gasteiger partial charge in [0.25, 0.3) is 0 Å². The molecule has 3 rings (SSSR count). The summed E-state index contributed by atoms with van der Waals surface area (Å²) in [4.78, 5) is 0.278. The molecule has 7 heteroatoms. The number of aryl methyl sites for hydroxylation is 1. The van der Waals surface area contributed by atoms with Crippen LogP contribution in [-0.2, 0) is 14.8 Å². The Morgan fingerprint density at radius 3 is 2.95 bits per heavy atom. The number of hydrogen-bond acceptors (Lipinski definition) is 4. The van der Waals surface area contributed by atoms with Crippen molar-refractivity contribution < 1.29 is 13.2 Å². The van der Waals surface area contributed by atoms with E-state index in [9.17, 15) is 8.42 Å². The largest absolute Gasteiger partial charge is 0.376 e. The van der Waals surface area contributed by atoms with Crippen LogP contribution in [0.5, 0.6) is 0 Å². The van der Waals surface area contributed by atoms with Crippen molar-refractivity contribution in [2.24, 2.45) is 11.7 Å². The molecule has 0 amide bonds. The molecule has 1 aromatic rings. The molecule has 1 aromatic carbocycles. The number of nitrogens with two attached hydrogens (primary N) is 1. The highest BCUT2D eigenvalue weighted by molar-refractivity contribution is 9.10. The summed E-state index contributed by atoms with van der Waals surface area (Å²) >= 11 is 3.30. The molecule has 4 atom stereocenters. The van der Waals surface area contributed by atoms with Gasteiger partial charge in [0.05, 0.1) is 17.0 Å². The number of sulfonamides is 1. The monoisotopic (exact) mass is 360 g/mol. The van der Waals surface area contributed by atoms with E-state index in [-0.39, 0.29) is 29.0 Å². The van der Waals surface area contributed by atoms with Gasteiger partial charge in [-0.15, -0.1) is 0 Å². The Hall–Kier alpha value is -0.470. The minimum absolute atomic E-state index is 0.0766. The Labute approximate surface area is 127 Å². The van der Waals surface area contributed by atoms with Crippen molar-refractivity contribution in [2.75, 3.05) is 6.61 Å². The lowest BCUT2D eigenvalue weighted by Gasteiger charge is -2.45. The molecule has 20 heavy (non-hydrogen) atoms. The van der Waals surface area contributed by atoms with Gasteiger partial charge in [0.15, 0.2) is 0 Å². The fraction of sp³-hybridized carbons (Fsp3) is 0.538. The number of nitrogens with one attached hydrogen (secondary N) is 1. The van der Waals surface area contributed by atoms with Crippen LogP contribution < -0.4 is 10.5 Å². The second kappa shape index (κ2) is 5.06. The predicted molar refractivity (Wildman–Crippen MR) is 78.8 cm³/mol. The highest BCUT2D eigenvalue weighted by atomic mass is 79.9. The minimum Gasteiger partial charge on any atom is -0.376 e. The molecule has 0 spiro atoms. The summed E-state index contributed by atoms with van der Waals surface area (Å²) in [7, 11) is -3.59. The first-order valence-electron chi connectivity index (χ1n) is 6.56. The van der Waals surface area contributed by atoms with Gasteiger partial charge >= 0.3 is 0 Å². The smallest absolute Gasteiger partial charge is 0.241 e. The fourth-order valence-corrected chi connectivity index (χ4v) is 5.06. The van der Waals surface area contributed by atoms with Crippen molar-refractivity contribution in [3.63, 3.8) is 0 Å². The van der Waals surface area contributed by atoms with E-state index in [0.29, 0.717) is 12.2 Å². The third kappa shape index (κ3) is 2.31. The fourth-order valence-electron chi connectivity index (χ4n) is 3.00. The van der Waals surface area contributed by atoms with Crippen LogP contribution in [0.4, 0.5) is 0 Å². The zero-order chi connectivity index (χ0) is 14.5. The van der Waals surface area contributed by atoms with Crippen LogP contribution >= 0.6 is 15.9 Å². The molecule has 1 saturated heterocycles. The van der Waals surface area contributed by atoms with Crippen LogP contribution in [0.3, 0.4) is 0 Å². The highest BCUT2D eigenvalue weighted by Gasteiger charge is 2.53. The second-order valence-electron chi connectivity index (χ2n) is 5.42. The van der Waals surface area contributed by atoms with Crippen molar-refractivity contribution in [1.82, 2.24) is 4.72 Å². The molecule has 1 aliphatic carbocycles. The van der Waals surface area contributed by atoms with E-state index in [4.69, 9.17) is 10.5 Å². The van der Waals surface area contributed by atoms with Crippen molar-refractivity contribution in [2.45, 2.75) is 36.4 Å². The first-order valence-corrected chi connectivity index (χ1v) is 8.83. The maximum Gasteiger partial charge on any atom is 0.241 e. The molecule has 3 N–H and O–H groups in total. The van der Waals surface area contributed by atoms with Crippen LogP contribution in [0.15, 0.2) is 27.6 Å². The average molecular weight is 361 g/mol. The first kappa shape index (κ1) is 14.5. The van der Waals surface area contributed by atoms with Crippen LogP contribution in [0.25, 0.3) is 0 Å². The molecule has 1 aliphatic heterocycles. The SMILES string of the molecule is Cc1ccc(Br)cc1S(=O)(=O)NC1C(N)C2CCOC21. The summed E-state index contributed by atoms with van der Waals surface area (Å²) in [5, 5.41) is 0.